The number of piperazine rings is 1. The topological polar surface area (TPSA) is 35.6 Å². The van der Waals surface area contributed by atoms with Crippen molar-refractivity contribution in [2.24, 2.45) is 0 Å². The van der Waals surface area contributed by atoms with Gasteiger partial charge in [-0.3, -0.25) is 9.69 Å². The number of halogens is 2. The van der Waals surface area contributed by atoms with E-state index in [0.717, 1.165) is 31.7 Å². The van der Waals surface area contributed by atoms with Crippen LogP contribution in [0.2, 0.25) is 10.0 Å². The molecule has 1 aliphatic heterocycles. The summed E-state index contributed by atoms with van der Waals surface area (Å²) >= 11 is 12.8. The van der Waals surface area contributed by atoms with E-state index < -0.39 is 6.04 Å². The number of nitrogens with one attached hydrogen (secondary N) is 1. The normalized spacial score (nSPS) is 17.3. The molecule has 1 N–H and O–H groups in total. The van der Waals surface area contributed by atoms with Crippen molar-refractivity contribution in [1.29, 1.82) is 0 Å². The van der Waals surface area contributed by atoms with Gasteiger partial charge in [-0.2, -0.15) is 0 Å². The number of nitrogens with zero attached hydrogens (tertiary/aromatic N) is 2. The van der Waals surface area contributed by atoms with Gasteiger partial charge < -0.3 is 10.2 Å². The van der Waals surface area contributed by atoms with Crippen molar-refractivity contribution in [3.8, 4) is 0 Å². The molecule has 1 unspecified atom stereocenters. The summed E-state index contributed by atoms with van der Waals surface area (Å²) < 4.78 is 0. The average molecular weight is 344 g/mol. The molecule has 0 radical (unpaired) electrons. The number of hydrogen-bond acceptors (Lipinski definition) is 3. The van der Waals surface area contributed by atoms with Crippen LogP contribution in [0.15, 0.2) is 18.2 Å². The number of carbonyl (C=O) groups excluding carboxylic acids is 1. The summed E-state index contributed by atoms with van der Waals surface area (Å²) in [5, 5.41) is 4.42. The predicted octanol–water partition coefficient (Wildman–Crippen LogP) is 2.81. The van der Waals surface area contributed by atoms with Gasteiger partial charge in [0.25, 0.3) is 0 Å². The number of carbonyl (C=O) groups is 1. The molecule has 1 atom stereocenters. The number of benzene rings is 1. The Kier molecular flexibility index (Phi) is 6.50. The summed E-state index contributed by atoms with van der Waals surface area (Å²) in [6, 6.07) is 4.99. The zero-order valence-corrected chi connectivity index (χ0v) is 14.6. The molecule has 1 saturated heterocycles. The van der Waals surface area contributed by atoms with Crippen LogP contribution in [-0.2, 0) is 4.79 Å². The lowest BCUT2D eigenvalue weighted by Crippen LogP contribution is -2.50. The van der Waals surface area contributed by atoms with Crippen molar-refractivity contribution in [1.82, 2.24) is 15.1 Å². The molecule has 0 saturated carbocycles. The highest BCUT2D eigenvalue weighted by Gasteiger charge is 2.34. The Morgan fingerprint density at radius 1 is 1.23 bits per heavy atom. The molecule has 0 bridgehead atoms. The Morgan fingerprint density at radius 2 is 1.77 bits per heavy atom. The van der Waals surface area contributed by atoms with Crippen molar-refractivity contribution >= 4 is 29.1 Å². The van der Waals surface area contributed by atoms with Gasteiger partial charge in [0.15, 0.2) is 0 Å². The zero-order chi connectivity index (χ0) is 16.1. The highest BCUT2D eigenvalue weighted by atomic mass is 35.5. The van der Waals surface area contributed by atoms with E-state index in [1.54, 1.807) is 12.1 Å². The van der Waals surface area contributed by atoms with E-state index in [0.29, 0.717) is 23.1 Å². The first-order valence-electron chi connectivity index (χ1n) is 7.77. The molecule has 0 aromatic heterocycles. The first-order chi connectivity index (χ1) is 10.6. The second kappa shape index (κ2) is 8.16. The highest BCUT2D eigenvalue weighted by molar-refractivity contribution is 6.36. The largest absolute Gasteiger partial charge is 0.342 e. The summed E-state index contributed by atoms with van der Waals surface area (Å²) in [5.41, 5.74) is 0.727. The van der Waals surface area contributed by atoms with Crippen LogP contribution >= 0.6 is 23.2 Å². The van der Waals surface area contributed by atoms with Crippen molar-refractivity contribution < 1.29 is 4.79 Å². The van der Waals surface area contributed by atoms with E-state index in [9.17, 15) is 4.79 Å². The fourth-order valence-electron chi connectivity index (χ4n) is 2.88. The Hall–Kier alpha value is -0.810. The highest BCUT2D eigenvalue weighted by Crippen LogP contribution is 2.35. The molecule has 2 rings (SSSR count). The van der Waals surface area contributed by atoms with Crippen LogP contribution in [0.1, 0.15) is 25.5 Å². The van der Waals surface area contributed by atoms with E-state index in [-0.39, 0.29) is 5.91 Å². The third-order valence-electron chi connectivity index (χ3n) is 4.10. The number of amides is 1. The monoisotopic (exact) mass is 343 g/mol. The fourth-order valence-corrected chi connectivity index (χ4v) is 3.49. The molecule has 1 amide bonds. The van der Waals surface area contributed by atoms with E-state index in [2.05, 4.69) is 10.2 Å². The van der Waals surface area contributed by atoms with Gasteiger partial charge in [0.05, 0.1) is 0 Å². The minimum absolute atomic E-state index is 0.0712. The van der Waals surface area contributed by atoms with Gasteiger partial charge in [0.1, 0.15) is 6.04 Å². The van der Waals surface area contributed by atoms with E-state index in [4.69, 9.17) is 23.2 Å². The van der Waals surface area contributed by atoms with Crippen molar-refractivity contribution in [2.75, 3.05) is 39.3 Å². The molecular weight excluding hydrogens is 321 g/mol. The lowest BCUT2D eigenvalue weighted by molar-refractivity contribution is -0.137. The molecule has 0 aliphatic carbocycles. The first-order valence-corrected chi connectivity index (χ1v) is 8.53. The van der Waals surface area contributed by atoms with E-state index >= 15 is 0 Å². The molecule has 4 nitrogen and oxygen atoms in total. The summed E-state index contributed by atoms with van der Waals surface area (Å²) in [5.74, 6) is 0.0712. The van der Waals surface area contributed by atoms with Gasteiger partial charge >= 0.3 is 0 Å². The smallest absolute Gasteiger partial charge is 0.244 e. The standard InChI is InChI=1S/C16H23Cl2N3O/c1-3-20(4-2)16(22)15(21-10-8-19-9-11-21)14-12(17)6-5-7-13(14)18/h5-7,15,19H,3-4,8-11H2,1-2H3. The maximum Gasteiger partial charge on any atom is 0.244 e. The lowest BCUT2D eigenvalue weighted by Gasteiger charge is -2.37. The molecule has 22 heavy (non-hydrogen) atoms. The minimum atomic E-state index is -0.414. The Labute approximate surface area is 142 Å². The summed E-state index contributed by atoms with van der Waals surface area (Å²) in [4.78, 5) is 17.1. The molecule has 1 aromatic rings. The zero-order valence-electron chi connectivity index (χ0n) is 13.1. The van der Waals surface area contributed by atoms with Crippen LogP contribution in [0.5, 0.6) is 0 Å². The van der Waals surface area contributed by atoms with Gasteiger partial charge in [-0.05, 0) is 26.0 Å². The van der Waals surface area contributed by atoms with E-state index in [1.165, 1.54) is 0 Å². The maximum atomic E-state index is 13.1. The number of hydrogen-bond donors (Lipinski definition) is 1. The minimum Gasteiger partial charge on any atom is -0.342 e. The van der Waals surface area contributed by atoms with Gasteiger partial charge in [-0.1, -0.05) is 29.3 Å². The molecule has 1 heterocycles. The third kappa shape index (κ3) is 3.74. The van der Waals surface area contributed by atoms with Gasteiger partial charge in [-0.25, -0.2) is 0 Å². The van der Waals surface area contributed by atoms with Gasteiger partial charge in [-0.15, -0.1) is 0 Å². The van der Waals surface area contributed by atoms with Crippen molar-refractivity contribution in [2.45, 2.75) is 19.9 Å². The van der Waals surface area contributed by atoms with Gasteiger partial charge in [0.2, 0.25) is 5.91 Å². The Balaban J connectivity index is 2.42. The quantitative estimate of drug-likeness (QED) is 0.892. The molecule has 0 spiro atoms. The fraction of sp³-hybridized carbons (Fsp3) is 0.562. The van der Waals surface area contributed by atoms with Crippen molar-refractivity contribution in [3.05, 3.63) is 33.8 Å². The molecule has 122 valence electrons. The maximum absolute atomic E-state index is 13.1. The van der Waals surface area contributed by atoms with Crippen LogP contribution in [0.25, 0.3) is 0 Å². The van der Waals surface area contributed by atoms with Crippen LogP contribution in [0.3, 0.4) is 0 Å². The predicted molar refractivity (Wildman–Crippen MR) is 91.6 cm³/mol. The third-order valence-corrected chi connectivity index (χ3v) is 4.76. The van der Waals surface area contributed by atoms with Crippen LogP contribution in [-0.4, -0.2) is 55.0 Å². The summed E-state index contributed by atoms with van der Waals surface area (Å²) in [6.07, 6.45) is 0. The Morgan fingerprint density at radius 3 is 2.27 bits per heavy atom. The van der Waals surface area contributed by atoms with Gasteiger partial charge in [0, 0.05) is 54.9 Å². The molecule has 1 aromatic carbocycles. The van der Waals surface area contributed by atoms with E-state index in [1.807, 2.05) is 24.8 Å². The summed E-state index contributed by atoms with van der Waals surface area (Å²) in [7, 11) is 0. The second-order valence-corrected chi connectivity index (χ2v) is 6.15. The summed E-state index contributed by atoms with van der Waals surface area (Å²) in [6.45, 7) is 8.68. The Bertz CT molecular complexity index is 494. The molecular formula is C16H23Cl2N3O. The number of rotatable bonds is 5. The molecule has 1 aliphatic rings. The van der Waals surface area contributed by atoms with Crippen molar-refractivity contribution in [3.63, 3.8) is 0 Å². The first kappa shape index (κ1) is 17.5. The van der Waals surface area contributed by atoms with Crippen LogP contribution in [0, 0.1) is 0 Å². The molecule has 6 heteroatoms. The average Bonchev–Trinajstić information content (AvgIpc) is 2.53. The van der Waals surface area contributed by atoms with Crippen LogP contribution in [0.4, 0.5) is 0 Å². The second-order valence-electron chi connectivity index (χ2n) is 5.33. The SMILES string of the molecule is CCN(CC)C(=O)C(c1c(Cl)cccc1Cl)N1CCNCC1. The number of likely N-dealkylation sites (N-methyl/N-ethyl adjacent to an activating group) is 1. The van der Waals surface area contributed by atoms with Crippen LogP contribution < -0.4 is 5.32 Å². The lowest BCUT2D eigenvalue weighted by atomic mass is 10.0. The molecule has 1 fully saturated rings.